The maximum absolute atomic E-state index is 14.3. The van der Waals surface area contributed by atoms with E-state index in [9.17, 15) is 4.39 Å². The van der Waals surface area contributed by atoms with E-state index in [1.54, 1.807) is 19.2 Å². The highest BCUT2D eigenvalue weighted by molar-refractivity contribution is 5.72. The van der Waals surface area contributed by atoms with Crippen LogP contribution >= 0.6 is 0 Å². The molecule has 0 aliphatic rings. The minimum atomic E-state index is -0.246. The zero-order chi connectivity index (χ0) is 18.2. The van der Waals surface area contributed by atoms with Gasteiger partial charge in [0, 0.05) is 11.8 Å². The topological polar surface area (TPSA) is 12.9 Å². The molecule has 0 aliphatic heterocycles. The monoisotopic (exact) mass is 333 g/mol. The zero-order valence-corrected chi connectivity index (χ0v) is 15.5. The van der Waals surface area contributed by atoms with Crippen molar-refractivity contribution in [3.63, 3.8) is 0 Å². The van der Waals surface area contributed by atoms with Crippen molar-refractivity contribution in [2.24, 2.45) is 0 Å². The fourth-order valence-electron chi connectivity index (χ4n) is 3.03. The summed E-state index contributed by atoms with van der Waals surface area (Å²) in [5.74, 6) is -0.246. The van der Waals surface area contributed by atoms with Crippen molar-refractivity contribution in [1.82, 2.24) is 4.98 Å². The summed E-state index contributed by atoms with van der Waals surface area (Å²) in [5, 5.41) is 0. The number of hydrogen-bond donors (Lipinski definition) is 0. The van der Waals surface area contributed by atoms with Crippen LogP contribution in [-0.2, 0) is 5.41 Å². The molecule has 0 unspecified atom stereocenters. The summed E-state index contributed by atoms with van der Waals surface area (Å²) in [6, 6.07) is 16.4. The van der Waals surface area contributed by atoms with Crippen molar-refractivity contribution in [1.29, 1.82) is 0 Å². The average Bonchev–Trinajstić information content (AvgIpc) is 2.57. The summed E-state index contributed by atoms with van der Waals surface area (Å²) < 4.78 is 14.3. The van der Waals surface area contributed by atoms with Gasteiger partial charge in [-0.1, -0.05) is 57.2 Å². The molecule has 1 aromatic heterocycles. The Morgan fingerprint density at radius 2 is 1.44 bits per heavy atom. The molecule has 0 bridgehead atoms. The molecule has 0 saturated heterocycles. The Labute approximate surface area is 149 Å². The summed E-state index contributed by atoms with van der Waals surface area (Å²) in [6.07, 6.45) is 1.65. The summed E-state index contributed by atoms with van der Waals surface area (Å²) in [6.45, 7) is 10.5. The largest absolute Gasteiger partial charge is 0.253 e. The number of pyridine rings is 1. The van der Waals surface area contributed by atoms with Crippen molar-refractivity contribution < 1.29 is 4.39 Å². The molecule has 1 heterocycles. The van der Waals surface area contributed by atoms with Gasteiger partial charge in [0.1, 0.15) is 5.69 Å². The van der Waals surface area contributed by atoms with Crippen LogP contribution < -0.4 is 0 Å². The Bertz CT molecular complexity index is 902. The lowest BCUT2D eigenvalue weighted by Crippen LogP contribution is -2.10. The predicted octanol–water partition coefficient (Wildman–Crippen LogP) is 6.47. The van der Waals surface area contributed by atoms with Gasteiger partial charge < -0.3 is 0 Å². The van der Waals surface area contributed by atoms with Crippen LogP contribution in [0.5, 0.6) is 0 Å². The summed E-state index contributed by atoms with van der Waals surface area (Å²) in [7, 11) is 0. The van der Waals surface area contributed by atoms with Crippen LogP contribution in [0.25, 0.3) is 22.4 Å². The van der Waals surface area contributed by atoms with Gasteiger partial charge in [0.2, 0.25) is 0 Å². The summed E-state index contributed by atoms with van der Waals surface area (Å²) >= 11 is 0. The molecule has 0 saturated carbocycles. The Kier molecular flexibility index (Phi) is 4.47. The molecule has 0 N–H and O–H groups in total. The van der Waals surface area contributed by atoms with Gasteiger partial charge in [-0.2, -0.15) is 0 Å². The first-order valence-corrected chi connectivity index (χ1v) is 8.60. The van der Waals surface area contributed by atoms with E-state index in [0.29, 0.717) is 11.3 Å². The minimum absolute atomic E-state index is 0.145. The van der Waals surface area contributed by atoms with Crippen molar-refractivity contribution >= 4 is 0 Å². The van der Waals surface area contributed by atoms with Gasteiger partial charge in [0.05, 0.1) is 0 Å². The lowest BCUT2D eigenvalue weighted by molar-refractivity contribution is 0.590. The third-order valence-electron chi connectivity index (χ3n) is 4.64. The second-order valence-electron chi connectivity index (χ2n) is 7.65. The molecule has 25 heavy (non-hydrogen) atoms. The highest BCUT2D eigenvalue weighted by atomic mass is 19.1. The number of nitrogens with zero attached hydrogens (tertiary/aromatic N) is 1. The molecule has 0 amide bonds. The van der Waals surface area contributed by atoms with Gasteiger partial charge in [-0.25, -0.2) is 4.39 Å². The fraction of sp³-hybridized carbons (Fsp3) is 0.261. The number of hydrogen-bond acceptors (Lipinski definition) is 1. The minimum Gasteiger partial charge on any atom is -0.253 e. The Hall–Kier alpha value is -2.48. The second-order valence-corrected chi connectivity index (χ2v) is 7.65. The highest BCUT2D eigenvalue weighted by Crippen LogP contribution is 2.31. The van der Waals surface area contributed by atoms with Crippen LogP contribution in [0.1, 0.15) is 37.5 Å². The molecule has 0 fully saturated rings. The molecule has 3 rings (SSSR count). The first-order chi connectivity index (χ1) is 11.8. The van der Waals surface area contributed by atoms with Crippen LogP contribution in [-0.4, -0.2) is 4.98 Å². The van der Waals surface area contributed by atoms with Crippen LogP contribution in [0.2, 0.25) is 0 Å². The quantitative estimate of drug-likeness (QED) is 0.524. The first kappa shape index (κ1) is 17.3. The van der Waals surface area contributed by atoms with Crippen LogP contribution in [0, 0.1) is 19.7 Å². The SMILES string of the molecule is Cc1cc(-c2nccc(C)c2F)ccc1-c1ccc(C(C)(C)C)cc1. The third kappa shape index (κ3) is 3.48. The van der Waals surface area contributed by atoms with E-state index in [1.165, 1.54) is 11.1 Å². The smallest absolute Gasteiger partial charge is 0.152 e. The maximum Gasteiger partial charge on any atom is 0.152 e. The van der Waals surface area contributed by atoms with E-state index in [4.69, 9.17) is 0 Å². The predicted molar refractivity (Wildman–Crippen MR) is 103 cm³/mol. The van der Waals surface area contributed by atoms with Crippen molar-refractivity contribution in [3.05, 3.63) is 77.2 Å². The number of rotatable bonds is 2. The lowest BCUT2D eigenvalue weighted by Gasteiger charge is -2.19. The Morgan fingerprint density at radius 3 is 2.04 bits per heavy atom. The van der Waals surface area contributed by atoms with Gasteiger partial charge >= 0.3 is 0 Å². The van der Waals surface area contributed by atoms with E-state index >= 15 is 0 Å². The van der Waals surface area contributed by atoms with E-state index < -0.39 is 0 Å². The number of aromatic nitrogens is 1. The van der Waals surface area contributed by atoms with E-state index in [-0.39, 0.29) is 11.2 Å². The molecule has 3 aromatic rings. The number of halogens is 1. The van der Waals surface area contributed by atoms with Crippen molar-refractivity contribution in [2.45, 2.75) is 40.0 Å². The van der Waals surface area contributed by atoms with Crippen LogP contribution in [0.3, 0.4) is 0 Å². The van der Waals surface area contributed by atoms with Gasteiger partial charge in [-0.05, 0) is 59.2 Å². The zero-order valence-electron chi connectivity index (χ0n) is 15.5. The molecule has 2 heteroatoms. The highest BCUT2D eigenvalue weighted by Gasteiger charge is 2.14. The van der Waals surface area contributed by atoms with E-state index in [2.05, 4.69) is 63.0 Å². The van der Waals surface area contributed by atoms with Gasteiger partial charge in [0.15, 0.2) is 5.82 Å². The van der Waals surface area contributed by atoms with Crippen LogP contribution in [0.15, 0.2) is 54.7 Å². The molecule has 0 spiro atoms. The number of benzene rings is 2. The molecule has 0 radical (unpaired) electrons. The number of aryl methyl sites for hydroxylation is 2. The van der Waals surface area contributed by atoms with Crippen LogP contribution in [0.4, 0.5) is 4.39 Å². The third-order valence-corrected chi connectivity index (χ3v) is 4.64. The van der Waals surface area contributed by atoms with Gasteiger partial charge in [0.25, 0.3) is 0 Å². The first-order valence-electron chi connectivity index (χ1n) is 8.60. The molecule has 1 nitrogen and oxygen atoms in total. The Morgan fingerprint density at radius 1 is 0.800 bits per heavy atom. The van der Waals surface area contributed by atoms with Gasteiger partial charge in [-0.15, -0.1) is 0 Å². The lowest BCUT2D eigenvalue weighted by atomic mass is 9.86. The molecule has 128 valence electrons. The molecular weight excluding hydrogens is 309 g/mol. The van der Waals surface area contributed by atoms with Gasteiger partial charge in [-0.3, -0.25) is 4.98 Å². The standard InChI is InChI=1S/C23H24FN/c1-15-12-13-25-22(21(15)24)18-8-11-20(16(2)14-18)17-6-9-19(10-7-17)23(3,4)5/h6-14H,1-5H3. The molecule has 0 atom stereocenters. The van der Waals surface area contributed by atoms with Crippen molar-refractivity contribution in [2.75, 3.05) is 0 Å². The fourth-order valence-corrected chi connectivity index (χ4v) is 3.03. The normalized spacial score (nSPS) is 11.6. The summed E-state index contributed by atoms with van der Waals surface area (Å²) in [5.41, 5.74) is 6.76. The van der Waals surface area contributed by atoms with Crippen molar-refractivity contribution in [3.8, 4) is 22.4 Å². The van der Waals surface area contributed by atoms with E-state index in [1.807, 2.05) is 12.1 Å². The molecular formula is C23H24FN. The maximum atomic E-state index is 14.3. The Balaban J connectivity index is 1.99. The molecule has 2 aromatic carbocycles. The van der Waals surface area contributed by atoms with E-state index in [0.717, 1.165) is 16.7 Å². The average molecular weight is 333 g/mol. The summed E-state index contributed by atoms with van der Waals surface area (Å²) in [4.78, 5) is 4.22. The molecule has 0 aliphatic carbocycles. The second kappa shape index (κ2) is 6.44.